The highest BCUT2D eigenvalue weighted by molar-refractivity contribution is 6.00. The van der Waals surface area contributed by atoms with Crippen LogP contribution in [0.2, 0.25) is 0 Å². The Morgan fingerprint density at radius 3 is 2.90 bits per heavy atom. The quantitative estimate of drug-likeness (QED) is 0.587. The molecule has 5 rings (SSSR count). The van der Waals surface area contributed by atoms with Gasteiger partial charge in [0.2, 0.25) is 5.95 Å². The molecular formula is C22H26N6O3. The van der Waals surface area contributed by atoms with Crippen molar-refractivity contribution in [2.75, 3.05) is 35.2 Å². The highest BCUT2D eigenvalue weighted by Gasteiger charge is 2.35. The van der Waals surface area contributed by atoms with Crippen molar-refractivity contribution in [3.8, 4) is 5.75 Å². The average Bonchev–Trinajstić information content (AvgIpc) is 3.34. The van der Waals surface area contributed by atoms with Gasteiger partial charge in [0.05, 0.1) is 12.0 Å². The highest BCUT2D eigenvalue weighted by atomic mass is 16.5. The Morgan fingerprint density at radius 2 is 2.13 bits per heavy atom. The van der Waals surface area contributed by atoms with Crippen molar-refractivity contribution in [3.63, 3.8) is 0 Å². The van der Waals surface area contributed by atoms with Gasteiger partial charge in [0.25, 0.3) is 5.91 Å². The van der Waals surface area contributed by atoms with Crippen molar-refractivity contribution >= 4 is 40.1 Å². The zero-order chi connectivity index (χ0) is 21.8. The Bertz CT molecular complexity index is 1160. The lowest BCUT2D eigenvalue weighted by molar-refractivity contribution is -0.129. The predicted octanol–water partition coefficient (Wildman–Crippen LogP) is 3.11. The van der Waals surface area contributed by atoms with Crippen LogP contribution in [-0.2, 0) is 4.79 Å². The number of rotatable bonds is 4. The van der Waals surface area contributed by atoms with E-state index in [9.17, 15) is 4.79 Å². The number of benzene rings is 1. The maximum Gasteiger partial charge on any atom is 0.268 e. The Kier molecular flexibility index (Phi) is 4.51. The van der Waals surface area contributed by atoms with E-state index < -0.39 is 5.60 Å². The summed E-state index contributed by atoms with van der Waals surface area (Å²) in [7, 11) is 0. The second kappa shape index (κ2) is 7.12. The lowest BCUT2D eigenvalue weighted by atomic mass is 9.99. The second-order valence-corrected chi connectivity index (χ2v) is 8.79. The number of fused-ring (bicyclic) bond motifs is 2. The van der Waals surface area contributed by atoms with Crippen molar-refractivity contribution in [1.82, 2.24) is 9.97 Å². The fourth-order valence-electron chi connectivity index (χ4n) is 4.15. The van der Waals surface area contributed by atoms with Gasteiger partial charge in [-0.1, -0.05) is 6.92 Å². The van der Waals surface area contributed by atoms with Gasteiger partial charge >= 0.3 is 0 Å². The van der Waals surface area contributed by atoms with Gasteiger partial charge < -0.3 is 30.4 Å². The molecule has 9 nitrogen and oxygen atoms in total. The molecule has 0 spiro atoms. The van der Waals surface area contributed by atoms with Gasteiger partial charge in [0.1, 0.15) is 11.3 Å². The molecule has 2 aliphatic heterocycles. The minimum absolute atomic E-state index is 0.187. The third kappa shape index (κ3) is 3.44. The molecule has 2 aliphatic rings. The number of amides is 1. The van der Waals surface area contributed by atoms with Gasteiger partial charge in [-0.05, 0) is 50.4 Å². The van der Waals surface area contributed by atoms with Crippen LogP contribution < -0.4 is 26.0 Å². The number of hydrogen-bond acceptors (Lipinski definition) is 8. The lowest BCUT2D eigenvalue weighted by Crippen LogP contribution is -2.45. The molecule has 1 amide bonds. The molecule has 2 aromatic heterocycles. The normalized spacial score (nSPS) is 22.2. The number of aromatic nitrogens is 2. The van der Waals surface area contributed by atoms with Crippen LogP contribution in [0.3, 0.4) is 0 Å². The molecule has 1 fully saturated rings. The van der Waals surface area contributed by atoms with E-state index in [-0.39, 0.29) is 5.91 Å². The molecule has 9 heteroatoms. The molecule has 0 radical (unpaired) electrons. The van der Waals surface area contributed by atoms with Crippen molar-refractivity contribution in [1.29, 1.82) is 0 Å². The van der Waals surface area contributed by atoms with Crippen LogP contribution in [0.1, 0.15) is 20.8 Å². The average molecular weight is 422 g/mol. The minimum atomic E-state index is -0.902. The van der Waals surface area contributed by atoms with Gasteiger partial charge in [-0.2, -0.15) is 4.98 Å². The second-order valence-electron chi connectivity index (χ2n) is 8.79. The number of carbonyl (C=O) groups is 1. The van der Waals surface area contributed by atoms with Crippen LogP contribution in [0, 0.1) is 11.8 Å². The summed E-state index contributed by atoms with van der Waals surface area (Å²) in [5, 5.41) is 6.14. The number of carbonyl (C=O) groups excluding carboxylic acids is 1. The fraction of sp³-hybridized carbons (Fsp3) is 0.409. The Hall–Kier alpha value is -3.33. The molecule has 1 aromatic carbocycles. The molecular weight excluding hydrogens is 396 g/mol. The number of nitrogens with two attached hydrogens (primary N) is 1. The SMILES string of the molecule is C[C@@H]1CN(c2nc(Nc3ccc4c(c3)NC(=O)C(C)(C)O4)nc3ccoc23)C[C@@H]1CN. The molecule has 4 N–H and O–H groups in total. The van der Waals surface area contributed by atoms with E-state index in [0.717, 1.165) is 30.1 Å². The molecule has 0 aliphatic carbocycles. The van der Waals surface area contributed by atoms with Crippen molar-refractivity contribution in [2.45, 2.75) is 26.4 Å². The lowest BCUT2D eigenvalue weighted by Gasteiger charge is -2.31. The van der Waals surface area contributed by atoms with Gasteiger partial charge in [0, 0.05) is 24.8 Å². The van der Waals surface area contributed by atoms with Crippen LogP contribution in [0.5, 0.6) is 5.75 Å². The van der Waals surface area contributed by atoms with E-state index in [4.69, 9.17) is 19.9 Å². The summed E-state index contributed by atoms with van der Waals surface area (Å²) in [5.74, 6) is 2.56. The highest BCUT2D eigenvalue weighted by Crippen LogP contribution is 2.37. The van der Waals surface area contributed by atoms with E-state index in [0.29, 0.717) is 41.3 Å². The third-order valence-electron chi connectivity index (χ3n) is 6.05. The number of nitrogens with zero attached hydrogens (tertiary/aromatic N) is 3. The van der Waals surface area contributed by atoms with Crippen LogP contribution in [0.4, 0.5) is 23.1 Å². The number of nitrogens with one attached hydrogen (secondary N) is 2. The van der Waals surface area contributed by atoms with Gasteiger partial charge in [-0.15, -0.1) is 0 Å². The Balaban J connectivity index is 1.46. The topological polar surface area (TPSA) is 119 Å². The summed E-state index contributed by atoms with van der Waals surface area (Å²) in [6.07, 6.45) is 1.63. The number of furan rings is 1. The maximum atomic E-state index is 12.2. The van der Waals surface area contributed by atoms with Crippen molar-refractivity contribution in [3.05, 3.63) is 30.5 Å². The standard InChI is InChI=1S/C22H26N6O3/c1-12-10-28(11-13(12)9-23)19-18-15(6-7-30-18)26-21(27-19)24-14-4-5-17-16(8-14)25-20(29)22(2,3)31-17/h4-8,12-13H,9-11,23H2,1-3H3,(H,25,29)(H,24,26,27)/t12-,13+/m1/s1. The molecule has 1 saturated heterocycles. The van der Waals surface area contributed by atoms with Gasteiger partial charge in [0.15, 0.2) is 17.0 Å². The summed E-state index contributed by atoms with van der Waals surface area (Å²) in [5.41, 5.74) is 7.78. The van der Waals surface area contributed by atoms with E-state index >= 15 is 0 Å². The largest absolute Gasteiger partial charge is 0.476 e. The molecule has 2 atom stereocenters. The van der Waals surface area contributed by atoms with Crippen molar-refractivity contribution in [2.24, 2.45) is 17.6 Å². The first-order valence-electron chi connectivity index (χ1n) is 10.5. The van der Waals surface area contributed by atoms with E-state index in [1.165, 1.54) is 0 Å². The maximum absolute atomic E-state index is 12.2. The first kappa shape index (κ1) is 19.6. The first-order valence-corrected chi connectivity index (χ1v) is 10.5. The molecule has 0 saturated carbocycles. The van der Waals surface area contributed by atoms with Crippen LogP contribution >= 0.6 is 0 Å². The van der Waals surface area contributed by atoms with Crippen molar-refractivity contribution < 1.29 is 13.9 Å². The van der Waals surface area contributed by atoms with Gasteiger partial charge in [-0.3, -0.25) is 4.79 Å². The minimum Gasteiger partial charge on any atom is -0.476 e. The molecule has 0 unspecified atom stereocenters. The number of hydrogen-bond donors (Lipinski definition) is 3. The summed E-state index contributed by atoms with van der Waals surface area (Å²) in [4.78, 5) is 23.8. The monoisotopic (exact) mass is 422 g/mol. The van der Waals surface area contributed by atoms with Crippen LogP contribution in [0.25, 0.3) is 11.1 Å². The molecule has 0 bridgehead atoms. The molecule has 31 heavy (non-hydrogen) atoms. The van der Waals surface area contributed by atoms with Crippen LogP contribution in [0.15, 0.2) is 34.9 Å². The third-order valence-corrected chi connectivity index (χ3v) is 6.05. The van der Waals surface area contributed by atoms with Gasteiger partial charge in [-0.25, -0.2) is 4.98 Å². The van der Waals surface area contributed by atoms with E-state index in [1.54, 1.807) is 20.1 Å². The van der Waals surface area contributed by atoms with E-state index in [1.807, 2.05) is 24.3 Å². The van der Waals surface area contributed by atoms with Crippen LogP contribution in [-0.4, -0.2) is 41.1 Å². The smallest absolute Gasteiger partial charge is 0.268 e. The zero-order valence-electron chi connectivity index (χ0n) is 17.8. The summed E-state index contributed by atoms with van der Waals surface area (Å²) in [6, 6.07) is 7.34. The zero-order valence-corrected chi connectivity index (χ0v) is 17.8. The number of ether oxygens (including phenoxy) is 1. The Morgan fingerprint density at radius 1 is 1.29 bits per heavy atom. The van der Waals surface area contributed by atoms with E-state index in [2.05, 4.69) is 27.4 Å². The molecule has 162 valence electrons. The first-order chi connectivity index (χ1) is 14.8. The number of anilines is 4. The predicted molar refractivity (Wildman–Crippen MR) is 119 cm³/mol. The summed E-state index contributed by atoms with van der Waals surface area (Å²) >= 11 is 0. The Labute approximate surface area is 180 Å². The summed E-state index contributed by atoms with van der Waals surface area (Å²) < 4.78 is 11.5. The summed E-state index contributed by atoms with van der Waals surface area (Å²) in [6.45, 7) is 8.04. The fourth-order valence-corrected chi connectivity index (χ4v) is 4.15. The molecule has 4 heterocycles. The molecule has 3 aromatic rings.